The van der Waals surface area contributed by atoms with Crippen LogP contribution in [0.15, 0.2) is 0 Å². The quantitative estimate of drug-likeness (QED) is 0.535. The topological polar surface area (TPSA) is 66.4 Å². The van der Waals surface area contributed by atoms with E-state index in [0.29, 0.717) is 6.42 Å². The van der Waals surface area contributed by atoms with E-state index in [4.69, 9.17) is 5.11 Å². The van der Waals surface area contributed by atoms with Gasteiger partial charge in [0.25, 0.3) is 0 Å². The Balaban J connectivity index is 3.16. The predicted octanol–water partition coefficient (Wildman–Crippen LogP) is 0.516. The molecule has 2 N–H and O–H groups in total. The fourth-order valence-corrected chi connectivity index (χ4v) is 2.80. The lowest BCUT2D eigenvalue weighted by atomic mass is 10.5. The van der Waals surface area contributed by atoms with E-state index in [-0.39, 0.29) is 18.1 Å². The van der Waals surface area contributed by atoms with Crippen molar-refractivity contribution in [2.45, 2.75) is 19.8 Å². The monoisotopic (exact) mass is 269 g/mol. The molecule has 0 saturated heterocycles. The molecule has 0 amide bonds. The SMILES string of the molecule is CCS(=O)(=O)CCCNCCSCCCO. The molecular weight excluding hydrogens is 246 g/mol. The lowest BCUT2D eigenvalue weighted by Crippen LogP contribution is -2.21. The van der Waals surface area contributed by atoms with E-state index in [1.165, 1.54) is 0 Å². The molecule has 0 aromatic rings. The molecule has 0 aliphatic heterocycles. The molecule has 0 aromatic carbocycles. The molecule has 98 valence electrons. The van der Waals surface area contributed by atoms with Gasteiger partial charge in [-0.1, -0.05) is 6.92 Å². The summed E-state index contributed by atoms with van der Waals surface area (Å²) >= 11 is 1.81. The van der Waals surface area contributed by atoms with Crippen molar-refractivity contribution in [3.8, 4) is 0 Å². The molecule has 0 spiro atoms. The fraction of sp³-hybridized carbons (Fsp3) is 1.00. The van der Waals surface area contributed by atoms with Crippen molar-refractivity contribution < 1.29 is 13.5 Å². The first-order valence-electron chi connectivity index (χ1n) is 5.72. The highest BCUT2D eigenvalue weighted by molar-refractivity contribution is 7.99. The molecule has 0 radical (unpaired) electrons. The van der Waals surface area contributed by atoms with Gasteiger partial charge >= 0.3 is 0 Å². The van der Waals surface area contributed by atoms with Crippen molar-refractivity contribution in [1.29, 1.82) is 0 Å². The Kier molecular flexibility index (Phi) is 10.5. The van der Waals surface area contributed by atoms with E-state index in [0.717, 1.165) is 31.0 Å². The van der Waals surface area contributed by atoms with Crippen LogP contribution in [0.5, 0.6) is 0 Å². The van der Waals surface area contributed by atoms with Gasteiger partial charge in [0.2, 0.25) is 0 Å². The molecule has 0 aliphatic rings. The second-order valence-corrected chi connectivity index (χ2v) is 7.23. The van der Waals surface area contributed by atoms with Crippen LogP contribution in [-0.4, -0.2) is 56.2 Å². The third kappa shape index (κ3) is 10.7. The number of hydrogen-bond donors (Lipinski definition) is 2. The maximum atomic E-state index is 11.2. The Bertz CT molecular complexity index is 242. The lowest BCUT2D eigenvalue weighted by molar-refractivity contribution is 0.296. The van der Waals surface area contributed by atoms with Crippen molar-refractivity contribution in [3.63, 3.8) is 0 Å². The smallest absolute Gasteiger partial charge is 0.150 e. The summed E-state index contributed by atoms with van der Waals surface area (Å²) in [4.78, 5) is 0. The Morgan fingerprint density at radius 1 is 1.19 bits per heavy atom. The molecule has 4 nitrogen and oxygen atoms in total. The Hall–Kier alpha value is 0.220. The van der Waals surface area contributed by atoms with E-state index in [1.807, 2.05) is 0 Å². The standard InChI is InChI=1S/C10H23NO3S2/c1-2-16(13,14)10-3-5-11-6-9-15-8-4-7-12/h11-12H,2-10H2,1H3. The van der Waals surface area contributed by atoms with Gasteiger partial charge in [0.05, 0.1) is 5.75 Å². The van der Waals surface area contributed by atoms with Gasteiger partial charge in [-0.3, -0.25) is 0 Å². The molecule has 16 heavy (non-hydrogen) atoms. The van der Waals surface area contributed by atoms with Crippen molar-refractivity contribution in [1.82, 2.24) is 5.32 Å². The van der Waals surface area contributed by atoms with Crippen LogP contribution in [0.25, 0.3) is 0 Å². The minimum absolute atomic E-state index is 0.240. The molecule has 0 bridgehead atoms. The minimum atomic E-state index is -2.80. The second-order valence-electron chi connectivity index (χ2n) is 3.53. The highest BCUT2D eigenvalue weighted by Crippen LogP contribution is 2.00. The molecule has 0 saturated carbocycles. The highest BCUT2D eigenvalue weighted by Gasteiger charge is 2.05. The second kappa shape index (κ2) is 10.4. The Morgan fingerprint density at radius 2 is 1.94 bits per heavy atom. The molecule has 0 aliphatic carbocycles. The largest absolute Gasteiger partial charge is 0.396 e. The normalized spacial score (nSPS) is 11.9. The van der Waals surface area contributed by atoms with E-state index in [9.17, 15) is 8.42 Å². The maximum Gasteiger partial charge on any atom is 0.150 e. The van der Waals surface area contributed by atoms with Gasteiger partial charge in [-0.25, -0.2) is 8.42 Å². The van der Waals surface area contributed by atoms with Gasteiger partial charge in [0, 0.05) is 24.7 Å². The third-order valence-corrected chi connectivity index (χ3v) is 4.98. The zero-order chi connectivity index (χ0) is 12.3. The van der Waals surface area contributed by atoms with Crippen molar-refractivity contribution in [3.05, 3.63) is 0 Å². The van der Waals surface area contributed by atoms with Crippen LogP contribution in [0.1, 0.15) is 19.8 Å². The zero-order valence-corrected chi connectivity index (χ0v) is 11.6. The van der Waals surface area contributed by atoms with Crippen molar-refractivity contribution in [2.24, 2.45) is 0 Å². The van der Waals surface area contributed by atoms with E-state index in [1.54, 1.807) is 18.7 Å². The molecule has 0 fully saturated rings. The molecule has 0 rings (SSSR count). The van der Waals surface area contributed by atoms with Gasteiger partial charge in [-0.05, 0) is 25.1 Å². The number of aliphatic hydroxyl groups is 1. The third-order valence-electron chi connectivity index (χ3n) is 2.12. The average molecular weight is 269 g/mol. The summed E-state index contributed by atoms with van der Waals surface area (Å²) in [6, 6.07) is 0. The summed E-state index contributed by atoms with van der Waals surface area (Å²) < 4.78 is 22.3. The van der Waals surface area contributed by atoms with Gasteiger partial charge in [-0.2, -0.15) is 11.8 Å². The Morgan fingerprint density at radius 3 is 2.56 bits per heavy atom. The summed E-state index contributed by atoms with van der Waals surface area (Å²) in [7, 11) is -2.80. The first kappa shape index (κ1) is 16.2. The van der Waals surface area contributed by atoms with Crippen molar-refractivity contribution in [2.75, 3.05) is 42.7 Å². The summed E-state index contributed by atoms with van der Waals surface area (Å²) in [5, 5.41) is 11.8. The highest BCUT2D eigenvalue weighted by atomic mass is 32.2. The van der Waals surface area contributed by atoms with Gasteiger partial charge < -0.3 is 10.4 Å². The van der Waals surface area contributed by atoms with E-state index in [2.05, 4.69) is 5.32 Å². The number of rotatable bonds is 11. The van der Waals surface area contributed by atoms with Crippen LogP contribution in [-0.2, 0) is 9.84 Å². The van der Waals surface area contributed by atoms with Crippen molar-refractivity contribution >= 4 is 21.6 Å². The molecule has 0 heterocycles. The first-order valence-corrected chi connectivity index (χ1v) is 8.69. The summed E-state index contributed by atoms with van der Waals surface area (Å²) in [6.45, 7) is 3.61. The van der Waals surface area contributed by atoms with Gasteiger partial charge in [0.15, 0.2) is 0 Å². The Labute approximate surface area is 103 Å². The molecule has 6 heteroatoms. The summed E-state index contributed by atoms with van der Waals surface area (Å²) in [5.74, 6) is 2.53. The molecule has 0 aromatic heterocycles. The lowest BCUT2D eigenvalue weighted by Gasteiger charge is -2.04. The van der Waals surface area contributed by atoms with E-state index < -0.39 is 9.84 Å². The van der Waals surface area contributed by atoms with Crippen LogP contribution in [0.4, 0.5) is 0 Å². The molecule has 0 atom stereocenters. The van der Waals surface area contributed by atoms with Crippen LogP contribution < -0.4 is 5.32 Å². The average Bonchev–Trinajstić information content (AvgIpc) is 2.27. The van der Waals surface area contributed by atoms with Crippen LogP contribution in [0.3, 0.4) is 0 Å². The fourth-order valence-electron chi connectivity index (χ4n) is 1.10. The number of aliphatic hydroxyl groups excluding tert-OH is 1. The molecule has 0 unspecified atom stereocenters. The van der Waals surface area contributed by atoms with Gasteiger partial charge in [-0.15, -0.1) is 0 Å². The number of thioether (sulfide) groups is 1. The maximum absolute atomic E-state index is 11.2. The summed E-state index contributed by atoms with van der Waals surface area (Å²) in [6.07, 6.45) is 1.54. The zero-order valence-electron chi connectivity index (χ0n) is 9.94. The van der Waals surface area contributed by atoms with Crippen LogP contribution in [0, 0.1) is 0 Å². The van der Waals surface area contributed by atoms with E-state index >= 15 is 0 Å². The number of sulfone groups is 1. The first-order chi connectivity index (χ1) is 7.62. The predicted molar refractivity (Wildman–Crippen MR) is 70.8 cm³/mol. The molecular formula is C10H23NO3S2. The minimum Gasteiger partial charge on any atom is -0.396 e. The van der Waals surface area contributed by atoms with Crippen LogP contribution in [0.2, 0.25) is 0 Å². The summed E-state index contributed by atoms with van der Waals surface area (Å²) in [5.41, 5.74) is 0. The van der Waals surface area contributed by atoms with Gasteiger partial charge in [0.1, 0.15) is 9.84 Å². The number of nitrogens with one attached hydrogen (secondary N) is 1. The number of hydrogen-bond acceptors (Lipinski definition) is 5. The van der Waals surface area contributed by atoms with Crippen LogP contribution >= 0.6 is 11.8 Å².